The van der Waals surface area contributed by atoms with Crippen LogP contribution in [0.1, 0.15) is 52.4 Å². The van der Waals surface area contributed by atoms with Gasteiger partial charge in [0.25, 0.3) is 0 Å². The minimum Gasteiger partial charge on any atom is -0.376 e. The molecular weight excluding hydrogens is 244 g/mol. The van der Waals surface area contributed by atoms with Crippen LogP contribution in [0.2, 0.25) is 0 Å². The van der Waals surface area contributed by atoms with E-state index in [4.69, 9.17) is 4.74 Å². The number of amidine groups is 1. The van der Waals surface area contributed by atoms with Crippen LogP contribution in [0.4, 0.5) is 0 Å². The van der Waals surface area contributed by atoms with Gasteiger partial charge in [0, 0.05) is 11.3 Å². The van der Waals surface area contributed by atoms with E-state index in [0.29, 0.717) is 6.10 Å². The Balaban J connectivity index is 1.64. The number of thioether (sulfide) groups is 1. The van der Waals surface area contributed by atoms with Gasteiger partial charge in [0.1, 0.15) is 0 Å². The number of nitrogens with one attached hydrogen (secondary N) is 1. The number of nitrogens with zero attached hydrogens (tertiary/aromatic N) is 1. The van der Waals surface area contributed by atoms with Gasteiger partial charge in [-0.25, -0.2) is 0 Å². The standard InChI is InChI=1S/C14H26N2OS/c1-14(2)8-11-18-13(16-14)15-9-10-17-12-6-4-3-5-7-12/h12H,3-11H2,1-2H3,(H,15,16). The summed E-state index contributed by atoms with van der Waals surface area (Å²) in [5.74, 6) is 1.17. The van der Waals surface area contributed by atoms with Gasteiger partial charge < -0.3 is 10.1 Å². The maximum absolute atomic E-state index is 5.88. The van der Waals surface area contributed by atoms with Crippen molar-refractivity contribution in [2.45, 2.75) is 64.0 Å². The molecule has 0 spiro atoms. The Morgan fingerprint density at radius 3 is 2.83 bits per heavy atom. The monoisotopic (exact) mass is 270 g/mol. The van der Waals surface area contributed by atoms with Crippen LogP contribution in [0.15, 0.2) is 4.99 Å². The second-order valence-corrected chi connectivity index (χ2v) is 7.01. The van der Waals surface area contributed by atoms with E-state index in [-0.39, 0.29) is 5.54 Å². The second-order valence-electron chi connectivity index (χ2n) is 5.93. The van der Waals surface area contributed by atoms with Gasteiger partial charge in [-0.3, -0.25) is 4.99 Å². The molecule has 1 aliphatic carbocycles. The van der Waals surface area contributed by atoms with Crippen molar-refractivity contribution in [2.24, 2.45) is 4.99 Å². The number of hydrogen-bond donors (Lipinski definition) is 1. The van der Waals surface area contributed by atoms with Crippen LogP contribution in [-0.4, -0.2) is 35.7 Å². The average molecular weight is 270 g/mol. The van der Waals surface area contributed by atoms with E-state index in [1.54, 1.807) is 0 Å². The largest absolute Gasteiger partial charge is 0.376 e. The molecule has 0 radical (unpaired) electrons. The fourth-order valence-corrected chi connectivity index (χ4v) is 3.81. The highest BCUT2D eigenvalue weighted by Crippen LogP contribution is 2.22. The molecule has 0 atom stereocenters. The molecule has 2 fully saturated rings. The molecule has 1 heterocycles. The van der Waals surface area contributed by atoms with Crippen molar-refractivity contribution in [2.75, 3.05) is 18.9 Å². The first-order chi connectivity index (χ1) is 8.66. The maximum atomic E-state index is 5.88. The molecule has 0 aromatic rings. The first-order valence-electron chi connectivity index (χ1n) is 7.23. The number of rotatable bonds is 4. The normalized spacial score (nSPS) is 27.1. The minimum atomic E-state index is 0.203. The van der Waals surface area contributed by atoms with E-state index in [0.717, 1.165) is 18.3 Å². The molecule has 104 valence electrons. The van der Waals surface area contributed by atoms with Gasteiger partial charge in [-0.05, 0) is 33.1 Å². The van der Waals surface area contributed by atoms with Crippen molar-refractivity contribution in [3.8, 4) is 0 Å². The molecule has 3 nitrogen and oxygen atoms in total. The number of aliphatic imine (C=N–C) groups is 1. The molecule has 1 saturated heterocycles. The lowest BCUT2D eigenvalue weighted by Gasteiger charge is -2.32. The molecular formula is C14H26N2OS. The lowest BCUT2D eigenvalue weighted by Crippen LogP contribution is -2.46. The molecule has 1 saturated carbocycles. The number of hydrogen-bond acceptors (Lipinski definition) is 3. The Hall–Kier alpha value is -0.220. The smallest absolute Gasteiger partial charge is 0.157 e. The van der Waals surface area contributed by atoms with Crippen LogP contribution >= 0.6 is 11.8 Å². The summed E-state index contributed by atoms with van der Waals surface area (Å²) in [7, 11) is 0. The van der Waals surface area contributed by atoms with Crippen molar-refractivity contribution < 1.29 is 4.74 Å². The lowest BCUT2D eigenvalue weighted by atomic mass is 9.98. The molecule has 4 heteroatoms. The molecule has 0 unspecified atom stereocenters. The van der Waals surface area contributed by atoms with Crippen LogP contribution < -0.4 is 5.32 Å². The molecule has 0 aromatic carbocycles. The summed E-state index contributed by atoms with van der Waals surface area (Å²) < 4.78 is 5.88. The van der Waals surface area contributed by atoms with Crippen molar-refractivity contribution >= 4 is 16.9 Å². The van der Waals surface area contributed by atoms with E-state index in [1.807, 2.05) is 11.8 Å². The van der Waals surface area contributed by atoms with E-state index in [9.17, 15) is 0 Å². The summed E-state index contributed by atoms with van der Waals surface area (Å²) >= 11 is 1.83. The Kier molecular flexibility index (Phi) is 5.37. The molecule has 1 N–H and O–H groups in total. The highest BCUT2D eigenvalue weighted by molar-refractivity contribution is 8.13. The van der Waals surface area contributed by atoms with Crippen molar-refractivity contribution in [3.63, 3.8) is 0 Å². The highest BCUT2D eigenvalue weighted by Gasteiger charge is 2.23. The van der Waals surface area contributed by atoms with Gasteiger partial charge in [0.2, 0.25) is 0 Å². The third kappa shape index (κ3) is 4.81. The average Bonchev–Trinajstić information content (AvgIpc) is 2.35. The predicted octanol–water partition coefficient (Wildman–Crippen LogP) is 3.20. The SMILES string of the molecule is CC1(C)CCSC(=NCCOC2CCCCC2)N1. The van der Waals surface area contributed by atoms with Crippen molar-refractivity contribution in [1.82, 2.24) is 5.32 Å². The third-order valence-electron chi connectivity index (χ3n) is 3.66. The number of ether oxygens (including phenoxy) is 1. The minimum absolute atomic E-state index is 0.203. The van der Waals surface area contributed by atoms with Gasteiger partial charge in [-0.1, -0.05) is 31.0 Å². The quantitative estimate of drug-likeness (QED) is 0.797. The topological polar surface area (TPSA) is 33.6 Å². The Labute approximate surface area is 115 Å². The van der Waals surface area contributed by atoms with Crippen LogP contribution in [0.25, 0.3) is 0 Å². The summed E-state index contributed by atoms with van der Waals surface area (Å²) in [6.45, 7) is 6.04. The molecule has 1 aliphatic heterocycles. The predicted molar refractivity (Wildman–Crippen MR) is 79.4 cm³/mol. The Bertz CT molecular complexity index is 286. The van der Waals surface area contributed by atoms with Crippen molar-refractivity contribution in [3.05, 3.63) is 0 Å². The van der Waals surface area contributed by atoms with E-state index >= 15 is 0 Å². The summed E-state index contributed by atoms with van der Waals surface area (Å²) in [6, 6.07) is 0. The summed E-state index contributed by atoms with van der Waals surface area (Å²) in [4.78, 5) is 4.61. The zero-order valence-electron chi connectivity index (χ0n) is 11.7. The van der Waals surface area contributed by atoms with Crippen LogP contribution in [0.3, 0.4) is 0 Å². The van der Waals surface area contributed by atoms with Gasteiger partial charge >= 0.3 is 0 Å². The van der Waals surface area contributed by atoms with E-state index < -0.39 is 0 Å². The highest BCUT2D eigenvalue weighted by atomic mass is 32.2. The first-order valence-corrected chi connectivity index (χ1v) is 8.21. The third-order valence-corrected chi connectivity index (χ3v) is 4.58. The Morgan fingerprint density at radius 1 is 1.33 bits per heavy atom. The maximum Gasteiger partial charge on any atom is 0.157 e. The van der Waals surface area contributed by atoms with Crippen LogP contribution in [-0.2, 0) is 4.74 Å². The van der Waals surface area contributed by atoms with E-state index in [1.165, 1.54) is 44.3 Å². The molecule has 2 aliphatic rings. The van der Waals surface area contributed by atoms with Crippen LogP contribution in [0.5, 0.6) is 0 Å². The zero-order valence-corrected chi connectivity index (χ0v) is 12.5. The molecule has 0 amide bonds. The molecule has 2 rings (SSSR count). The molecule has 18 heavy (non-hydrogen) atoms. The fraction of sp³-hybridized carbons (Fsp3) is 0.929. The van der Waals surface area contributed by atoms with Crippen molar-refractivity contribution in [1.29, 1.82) is 0 Å². The van der Waals surface area contributed by atoms with Gasteiger partial charge in [-0.2, -0.15) is 0 Å². The lowest BCUT2D eigenvalue weighted by molar-refractivity contribution is 0.0335. The Morgan fingerprint density at radius 2 is 2.11 bits per heavy atom. The second kappa shape index (κ2) is 6.80. The fourth-order valence-electron chi connectivity index (χ4n) is 2.47. The summed E-state index contributed by atoms with van der Waals surface area (Å²) in [6.07, 6.45) is 8.26. The van der Waals surface area contributed by atoms with Gasteiger partial charge in [0.05, 0.1) is 19.3 Å². The van der Waals surface area contributed by atoms with Gasteiger partial charge in [-0.15, -0.1) is 0 Å². The van der Waals surface area contributed by atoms with Crippen LogP contribution in [0, 0.1) is 0 Å². The summed E-state index contributed by atoms with van der Waals surface area (Å²) in [5, 5.41) is 4.58. The molecule has 0 aromatic heterocycles. The van der Waals surface area contributed by atoms with Gasteiger partial charge in [0.15, 0.2) is 5.17 Å². The molecule has 0 bridgehead atoms. The van der Waals surface area contributed by atoms with E-state index in [2.05, 4.69) is 24.2 Å². The summed E-state index contributed by atoms with van der Waals surface area (Å²) in [5.41, 5.74) is 0.203. The zero-order chi connectivity index (χ0) is 12.8. The first kappa shape index (κ1) is 14.2.